The van der Waals surface area contributed by atoms with Crippen LogP contribution < -0.4 is 5.73 Å². The molecule has 0 atom stereocenters. The zero-order valence-electron chi connectivity index (χ0n) is 6.72. The molecule has 0 radical (unpaired) electrons. The van der Waals surface area contributed by atoms with E-state index in [-0.39, 0.29) is 5.95 Å². The quantitative estimate of drug-likeness (QED) is 0.841. The monoisotopic (exact) mass is 274 g/mol. The minimum atomic E-state index is 0.149. The average molecular weight is 275 g/mol. The number of rotatable bonds is 1. The SMILES string of the molecule is Nc1nc(Br)n(-c2ncc(Cl)cn2)n1. The first kappa shape index (κ1) is 9.35. The fourth-order valence-corrected chi connectivity index (χ4v) is 1.37. The lowest BCUT2D eigenvalue weighted by Gasteiger charge is -1.97. The number of nitrogens with two attached hydrogens (primary N) is 1. The molecule has 0 bridgehead atoms. The predicted molar refractivity (Wildman–Crippen MR) is 54.1 cm³/mol. The van der Waals surface area contributed by atoms with Gasteiger partial charge in [0.2, 0.25) is 10.7 Å². The van der Waals surface area contributed by atoms with Crippen molar-refractivity contribution in [1.82, 2.24) is 24.7 Å². The maximum atomic E-state index is 5.64. The Morgan fingerprint density at radius 1 is 1.36 bits per heavy atom. The van der Waals surface area contributed by atoms with Crippen molar-refractivity contribution < 1.29 is 0 Å². The lowest BCUT2D eigenvalue weighted by molar-refractivity contribution is 0.791. The standard InChI is InChI=1S/C6H4BrClN6/c7-4-12-5(9)13-14(4)6-10-1-3(8)2-11-6/h1-2H,(H2,9,13). The molecule has 0 aliphatic carbocycles. The number of nitrogen functional groups attached to an aromatic ring is 1. The van der Waals surface area contributed by atoms with E-state index in [9.17, 15) is 0 Å². The minimum absolute atomic E-state index is 0.149. The highest BCUT2D eigenvalue weighted by molar-refractivity contribution is 9.10. The van der Waals surface area contributed by atoms with Gasteiger partial charge < -0.3 is 5.73 Å². The molecule has 2 aromatic heterocycles. The average Bonchev–Trinajstić information content (AvgIpc) is 2.47. The molecule has 2 aromatic rings. The van der Waals surface area contributed by atoms with Gasteiger partial charge in [-0.3, -0.25) is 0 Å². The van der Waals surface area contributed by atoms with Gasteiger partial charge in [-0.05, 0) is 15.9 Å². The number of hydrogen-bond acceptors (Lipinski definition) is 5. The van der Waals surface area contributed by atoms with Crippen LogP contribution in [0.4, 0.5) is 5.95 Å². The van der Waals surface area contributed by atoms with Crippen LogP contribution in [0.3, 0.4) is 0 Å². The van der Waals surface area contributed by atoms with Crippen molar-refractivity contribution in [2.45, 2.75) is 0 Å². The molecule has 2 heterocycles. The van der Waals surface area contributed by atoms with Gasteiger partial charge in [0.25, 0.3) is 5.95 Å². The van der Waals surface area contributed by atoms with Crippen LogP contribution in [0.2, 0.25) is 5.02 Å². The van der Waals surface area contributed by atoms with E-state index in [0.717, 1.165) is 0 Å². The van der Waals surface area contributed by atoms with Crippen LogP contribution in [0.5, 0.6) is 0 Å². The van der Waals surface area contributed by atoms with Gasteiger partial charge in [-0.15, -0.1) is 5.10 Å². The zero-order chi connectivity index (χ0) is 10.1. The predicted octanol–water partition coefficient (Wildman–Crippen LogP) is 1.06. The van der Waals surface area contributed by atoms with E-state index in [1.807, 2.05) is 0 Å². The molecule has 8 heteroatoms. The summed E-state index contributed by atoms with van der Waals surface area (Å²) in [5.41, 5.74) is 5.39. The molecule has 0 unspecified atom stereocenters. The summed E-state index contributed by atoms with van der Waals surface area (Å²) < 4.78 is 1.81. The number of halogens is 2. The lowest BCUT2D eigenvalue weighted by Crippen LogP contribution is -2.03. The number of nitrogens with zero attached hydrogens (tertiary/aromatic N) is 5. The first-order chi connectivity index (χ1) is 6.66. The second-order valence-electron chi connectivity index (χ2n) is 2.35. The Kier molecular flexibility index (Phi) is 2.34. The Hall–Kier alpha value is -1.21. The fraction of sp³-hybridized carbons (Fsp3) is 0. The van der Waals surface area contributed by atoms with Crippen LogP contribution in [0.25, 0.3) is 5.95 Å². The molecule has 0 saturated carbocycles. The van der Waals surface area contributed by atoms with Gasteiger partial charge in [-0.2, -0.15) is 9.67 Å². The largest absolute Gasteiger partial charge is 0.366 e. The third-order valence-corrected chi connectivity index (χ3v) is 2.09. The first-order valence-corrected chi connectivity index (χ1v) is 4.70. The van der Waals surface area contributed by atoms with E-state index in [1.165, 1.54) is 17.1 Å². The normalized spacial score (nSPS) is 10.4. The molecule has 2 N–H and O–H groups in total. The maximum absolute atomic E-state index is 5.64. The summed E-state index contributed by atoms with van der Waals surface area (Å²) in [7, 11) is 0. The molecule has 2 rings (SSSR count). The molecule has 0 amide bonds. The summed E-state index contributed by atoms with van der Waals surface area (Å²) in [4.78, 5) is 11.8. The summed E-state index contributed by atoms with van der Waals surface area (Å²) in [6.07, 6.45) is 2.93. The highest BCUT2D eigenvalue weighted by atomic mass is 79.9. The van der Waals surface area contributed by atoms with Crippen molar-refractivity contribution in [3.05, 3.63) is 22.1 Å². The summed E-state index contributed by atoms with van der Waals surface area (Å²) in [5, 5.41) is 4.33. The van der Waals surface area contributed by atoms with Crippen molar-refractivity contribution in [1.29, 1.82) is 0 Å². The smallest absolute Gasteiger partial charge is 0.253 e. The number of hydrogen-bond donors (Lipinski definition) is 1. The van der Waals surface area contributed by atoms with Gasteiger partial charge >= 0.3 is 0 Å². The van der Waals surface area contributed by atoms with E-state index in [4.69, 9.17) is 17.3 Å². The molecule has 0 spiro atoms. The van der Waals surface area contributed by atoms with Crippen LogP contribution in [0, 0.1) is 0 Å². The van der Waals surface area contributed by atoms with Crippen molar-refractivity contribution in [2.24, 2.45) is 0 Å². The van der Waals surface area contributed by atoms with Crippen molar-refractivity contribution in [3.8, 4) is 5.95 Å². The van der Waals surface area contributed by atoms with Crippen molar-refractivity contribution in [2.75, 3.05) is 5.73 Å². The highest BCUT2D eigenvalue weighted by Gasteiger charge is 2.08. The Morgan fingerprint density at radius 3 is 2.50 bits per heavy atom. The molecular weight excluding hydrogens is 271 g/mol. The van der Waals surface area contributed by atoms with E-state index >= 15 is 0 Å². The third-order valence-electron chi connectivity index (χ3n) is 1.38. The van der Waals surface area contributed by atoms with E-state index in [2.05, 4.69) is 36.0 Å². The lowest BCUT2D eigenvalue weighted by atomic mass is 10.7. The van der Waals surface area contributed by atoms with Crippen LogP contribution >= 0.6 is 27.5 Å². The summed E-state index contributed by atoms with van der Waals surface area (Å²) in [6.45, 7) is 0. The van der Waals surface area contributed by atoms with E-state index in [0.29, 0.717) is 15.7 Å². The molecule has 72 valence electrons. The molecule has 0 aromatic carbocycles. The molecule has 0 saturated heterocycles. The van der Waals surface area contributed by atoms with E-state index in [1.54, 1.807) is 0 Å². The Bertz CT molecular complexity index is 452. The van der Waals surface area contributed by atoms with Gasteiger partial charge in [0, 0.05) is 0 Å². The van der Waals surface area contributed by atoms with Gasteiger partial charge in [0.15, 0.2) is 0 Å². The second kappa shape index (κ2) is 3.50. The number of aromatic nitrogens is 5. The molecule has 14 heavy (non-hydrogen) atoms. The van der Waals surface area contributed by atoms with Gasteiger partial charge in [0.05, 0.1) is 17.4 Å². The van der Waals surface area contributed by atoms with Gasteiger partial charge in [-0.25, -0.2) is 9.97 Å². The minimum Gasteiger partial charge on any atom is -0.366 e. The van der Waals surface area contributed by atoms with Crippen LogP contribution in [0.1, 0.15) is 0 Å². The first-order valence-electron chi connectivity index (χ1n) is 3.53. The number of anilines is 1. The highest BCUT2D eigenvalue weighted by Crippen LogP contribution is 2.12. The third kappa shape index (κ3) is 1.68. The maximum Gasteiger partial charge on any atom is 0.253 e. The topological polar surface area (TPSA) is 82.5 Å². The van der Waals surface area contributed by atoms with Gasteiger partial charge in [-0.1, -0.05) is 11.6 Å². The van der Waals surface area contributed by atoms with E-state index < -0.39 is 0 Å². The molecular formula is C6H4BrClN6. The Labute approximate surface area is 92.3 Å². The van der Waals surface area contributed by atoms with Gasteiger partial charge in [0.1, 0.15) is 0 Å². The van der Waals surface area contributed by atoms with Crippen molar-refractivity contribution >= 4 is 33.5 Å². The molecule has 6 nitrogen and oxygen atoms in total. The Balaban J connectivity index is 2.49. The zero-order valence-corrected chi connectivity index (χ0v) is 9.07. The van der Waals surface area contributed by atoms with Crippen molar-refractivity contribution in [3.63, 3.8) is 0 Å². The Morgan fingerprint density at radius 2 is 2.00 bits per heavy atom. The fourth-order valence-electron chi connectivity index (χ4n) is 0.850. The summed E-state index contributed by atoms with van der Waals surface area (Å²) in [6, 6.07) is 0. The van der Waals surface area contributed by atoms with Crippen LogP contribution in [-0.2, 0) is 0 Å². The second-order valence-corrected chi connectivity index (χ2v) is 3.50. The molecule has 0 aliphatic heterocycles. The summed E-state index contributed by atoms with van der Waals surface area (Å²) >= 11 is 8.81. The van der Waals surface area contributed by atoms with Crippen LogP contribution in [0.15, 0.2) is 17.1 Å². The van der Waals surface area contributed by atoms with Crippen LogP contribution in [-0.4, -0.2) is 24.7 Å². The molecule has 0 fully saturated rings. The molecule has 0 aliphatic rings. The summed E-state index contributed by atoms with van der Waals surface area (Å²) in [5.74, 6) is 0.501.